The smallest absolute Gasteiger partial charge is 0.397 e. The normalized spacial score (nSPS) is 10.6. The molecule has 0 saturated carbocycles. The van der Waals surface area contributed by atoms with Gasteiger partial charge in [-0.05, 0) is 6.92 Å². The molecule has 2 aromatic heterocycles. The van der Waals surface area contributed by atoms with E-state index in [0.717, 1.165) is 16.9 Å². The molecule has 1 aromatic carbocycles. The van der Waals surface area contributed by atoms with Crippen molar-refractivity contribution in [1.29, 1.82) is 0 Å². The number of ether oxygens (including phenoxy) is 2. The van der Waals surface area contributed by atoms with Gasteiger partial charge in [0.25, 0.3) is 0 Å². The van der Waals surface area contributed by atoms with E-state index in [4.69, 9.17) is 14.0 Å². The number of benzene rings is 1. The zero-order chi connectivity index (χ0) is 19.1. The van der Waals surface area contributed by atoms with Crippen molar-refractivity contribution in [1.82, 2.24) is 10.1 Å². The Labute approximate surface area is 159 Å². The number of carbonyl (C=O) groups is 2. The number of esters is 1. The average molecular weight is 387 g/mol. The number of hydrogen-bond donors (Lipinski definition) is 1. The van der Waals surface area contributed by atoms with Gasteiger partial charge < -0.3 is 14.0 Å². The molecule has 0 aliphatic heterocycles. The second-order valence-electron chi connectivity index (χ2n) is 5.27. The molecule has 0 fully saturated rings. The molecule has 0 aliphatic rings. The van der Waals surface area contributed by atoms with E-state index in [0.29, 0.717) is 23.8 Å². The molecule has 3 rings (SSSR count). The SMILES string of the molecule is CCOCCOC(=O)C(=O)Nc1nc(-c2cc(-c3ccccc3)no2)cs1. The number of amides is 1. The first-order valence-electron chi connectivity index (χ1n) is 8.21. The van der Waals surface area contributed by atoms with E-state index in [9.17, 15) is 9.59 Å². The highest BCUT2D eigenvalue weighted by Crippen LogP contribution is 2.28. The lowest BCUT2D eigenvalue weighted by Gasteiger charge is -2.04. The summed E-state index contributed by atoms with van der Waals surface area (Å²) in [6.45, 7) is 2.60. The molecule has 1 amide bonds. The van der Waals surface area contributed by atoms with Crippen molar-refractivity contribution in [2.75, 3.05) is 25.1 Å². The maximum Gasteiger partial charge on any atom is 0.397 e. The molecule has 2 heterocycles. The van der Waals surface area contributed by atoms with Crippen LogP contribution in [0.3, 0.4) is 0 Å². The van der Waals surface area contributed by atoms with Crippen LogP contribution in [0.25, 0.3) is 22.7 Å². The van der Waals surface area contributed by atoms with E-state index in [2.05, 4.69) is 15.5 Å². The third-order valence-electron chi connectivity index (χ3n) is 3.41. The first kappa shape index (κ1) is 18.7. The summed E-state index contributed by atoms with van der Waals surface area (Å²) in [4.78, 5) is 27.7. The monoisotopic (exact) mass is 387 g/mol. The lowest BCUT2D eigenvalue weighted by Crippen LogP contribution is -2.26. The van der Waals surface area contributed by atoms with E-state index in [1.165, 1.54) is 0 Å². The number of rotatable bonds is 7. The molecule has 0 radical (unpaired) electrons. The number of nitrogens with one attached hydrogen (secondary N) is 1. The van der Waals surface area contributed by atoms with Gasteiger partial charge >= 0.3 is 11.9 Å². The molecular weight excluding hydrogens is 370 g/mol. The van der Waals surface area contributed by atoms with Crippen molar-refractivity contribution in [2.24, 2.45) is 0 Å². The van der Waals surface area contributed by atoms with Gasteiger partial charge in [-0.1, -0.05) is 35.5 Å². The molecule has 3 aromatic rings. The van der Waals surface area contributed by atoms with Crippen LogP contribution in [0, 0.1) is 0 Å². The number of anilines is 1. The summed E-state index contributed by atoms with van der Waals surface area (Å²) in [5, 5.41) is 8.39. The van der Waals surface area contributed by atoms with Crippen molar-refractivity contribution in [3.8, 4) is 22.7 Å². The summed E-state index contributed by atoms with van der Waals surface area (Å²) in [6.07, 6.45) is 0. The Balaban J connectivity index is 1.59. The number of thiazole rings is 1. The topological polar surface area (TPSA) is 104 Å². The minimum absolute atomic E-state index is 0.0174. The highest BCUT2D eigenvalue weighted by molar-refractivity contribution is 7.14. The number of carbonyl (C=O) groups excluding carboxylic acids is 2. The lowest BCUT2D eigenvalue weighted by atomic mass is 10.1. The van der Waals surface area contributed by atoms with Crippen molar-refractivity contribution in [3.05, 3.63) is 41.8 Å². The van der Waals surface area contributed by atoms with Gasteiger partial charge in [-0.2, -0.15) is 0 Å². The number of aromatic nitrogens is 2. The Kier molecular flexibility index (Phi) is 6.29. The molecule has 9 heteroatoms. The summed E-state index contributed by atoms with van der Waals surface area (Å²) in [7, 11) is 0. The maximum absolute atomic E-state index is 11.8. The van der Waals surface area contributed by atoms with Gasteiger partial charge in [0.2, 0.25) is 0 Å². The molecular formula is C18H17N3O5S. The molecule has 27 heavy (non-hydrogen) atoms. The molecule has 0 unspecified atom stereocenters. The Bertz CT molecular complexity index is 907. The molecule has 8 nitrogen and oxygen atoms in total. The van der Waals surface area contributed by atoms with E-state index in [-0.39, 0.29) is 18.3 Å². The lowest BCUT2D eigenvalue weighted by molar-refractivity contribution is -0.153. The van der Waals surface area contributed by atoms with Gasteiger partial charge in [-0.15, -0.1) is 11.3 Å². The molecule has 1 N–H and O–H groups in total. The molecule has 140 valence electrons. The van der Waals surface area contributed by atoms with E-state index in [1.807, 2.05) is 37.3 Å². The molecule has 0 aliphatic carbocycles. The highest BCUT2D eigenvalue weighted by atomic mass is 32.1. The van der Waals surface area contributed by atoms with Gasteiger partial charge in [0.15, 0.2) is 10.9 Å². The van der Waals surface area contributed by atoms with Crippen LogP contribution in [0.1, 0.15) is 6.92 Å². The largest absolute Gasteiger partial charge is 0.456 e. The third kappa shape index (κ3) is 4.99. The maximum atomic E-state index is 11.8. The van der Waals surface area contributed by atoms with E-state index in [1.54, 1.807) is 11.4 Å². The van der Waals surface area contributed by atoms with E-state index >= 15 is 0 Å². The predicted octanol–water partition coefficient (Wildman–Crippen LogP) is 2.98. The highest BCUT2D eigenvalue weighted by Gasteiger charge is 2.18. The summed E-state index contributed by atoms with van der Waals surface area (Å²) >= 11 is 1.16. The van der Waals surface area contributed by atoms with Gasteiger partial charge in [0.05, 0.1) is 6.61 Å². The molecule has 0 bridgehead atoms. The third-order valence-corrected chi connectivity index (χ3v) is 4.16. The molecule has 0 spiro atoms. The van der Waals surface area contributed by atoms with Crippen LogP contribution < -0.4 is 5.32 Å². The van der Waals surface area contributed by atoms with Crippen LogP contribution in [0.5, 0.6) is 0 Å². The average Bonchev–Trinajstić information content (AvgIpc) is 3.35. The Morgan fingerprint density at radius 3 is 2.78 bits per heavy atom. The first-order chi connectivity index (χ1) is 13.2. The van der Waals surface area contributed by atoms with Crippen molar-refractivity contribution in [3.63, 3.8) is 0 Å². The van der Waals surface area contributed by atoms with Crippen molar-refractivity contribution < 1.29 is 23.6 Å². The van der Waals surface area contributed by atoms with Crippen LogP contribution in [-0.4, -0.2) is 41.8 Å². The minimum Gasteiger partial charge on any atom is -0.456 e. The first-order valence-corrected chi connectivity index (χ1v) is 9.09. The fourth-order valence-corrected chi connectivity index (χ4v) is 2.83. The Morgan fingerprint density at radius 2 is 2.00 bits per heavy atom. The number of hydrogen-bond acceptors (Lipinski definition) is 8. The van der Waals surface area contributed by atoms with Crippen LogP contribution in [0.2, 0.25) is 0 Å². The van der Waals surface area contributed by atoms with Crippen LogP contribution in [0.4, 0.5) is 5.13 Å². The van der Waals surface area contributed by atoms with Gasteiger partial charge in [-0.25, -0.2) is 9.78 Å². The quantitative estimate of drug-likeness (QED) is 0.377. The van der Waals surface area contributed by atoms with Gasteiger partial charge in [0, 0.05) is 23.6 Å². The Morgan fingerprint density at radius 1 is 1.19 bits per heavy atom. The summed E-state index contributed by atoms with van der Waals surface area (Å²) in [5.74, 6) is -1.42. The zero-order valence-corrected chi connectivity index (χ0v) is 15.3. The fraction of sp³-hybridized carbons (Fsp3) is 0.222. The van der Waals surface area contributed by atoms with Crippen LogP contribution in [-0.2, 0) is 19.1 Å². The van der Waals surface area contributed by atoms with E-state index < -0.39 is 11.9 Å². The van der Waals surface area contributed by atoms with Gasteiger partial charge in [-0.3, -0.25) is 10.1 Å². The second-order valence-corrected chi connectivity index (χ2v) is 6.13. The van der Waals surface area contributed by atoms with Crippen molar-refractivity contribution in [2.45, 2.75) is 6.92 Å². The second kappa shape index (κ2) is 9.06. The fourth-order valence-electron chi connectivity index (χ4n) is 2.14. The van der Waals surface area contributed by atoms with Crippen molar-refractivity contribution >= 4 is 28.3 Å². The van der Waals surface area contributed by atoms with Crippen LogP contribution >= 0.6 is 11.3 Å². The van der Waals surface area contributed by atoms with Gasteiger partial charge in [0.1, 0.15) is 18.0 Å². The number of nitrogens with zero attached hydrogens (tertiary/aromatic N) is 2. The predicted molar refractivity (Wildman–Crippen MR) is 99.1 cm³/mol. The standard InChI is InChI=1S/C18H17N3O5S/c1-2-24-8-9-25-17(23)16(22)20-18-19-14(11-27-18)15-10-13(21-26-15)12-6-4-3-5-7-12/h3-7,10-11H,2,8-9H2,1H3,(H,19,20,22). The summed E-state index contributed by atoms with van der Waals surface area (Å²) in [6, 6.07) is 11.3. The zero-order valence-electron chi connectivity index (χ0n) is 14.5. The summed E-state index contributed by atoms with van der Waals surface area (Å²) in [5.41, 5.74) is 2.11. The Hall–Kier alpha value is -3.04. The molecule has 0 saturated heterocycles. The minimum atomic E-state index is -0.988. The molecule has 0 atom stereocenters. The van der Waals surface area contributed by atoms with Crippen LogP contribution in [0.15, 0.2) is 46.3 Å². The summed E-state index contributed by atoms with van der Waals surface area (Å²) < 4.78 is 15.1.